The number of rotatable bonds is 4. The predicted molar refractivity (Wildman–Crippen MR) is 110 cm³/mol. The SMILES string of the molecule is CCN(C(C)=O)[C@H]1CN(C(=O)c2ccc(-n3cnnc3)cc2)C2(CCCCC2)C1. The lowest BCUT2D eigenvalue weighted by Gasteiger charge is -2.41. The Morgan fingerprint density at radius 3 is 2.34 bits per heavy atom. The number of hydrogen-bond acceptors (Lipinski definition) is 4. The largest absolute Gasteiger partial charge is 0.338 e. The molecule has 0 unspecified atom stereocenters. The molecule has 7 nitrogen and oxygen atoms in total. The van der Waals surface area contributed by atoms with E-state index in [0.717, 1.165) is 37.8 Å². The minimum absolute atomic E-state index is 0.0734. The van der Waals surface area contributed by atoms with Gasteiger partial charge >= 0.3 is 0 Å². The van der Waals surface area contributed by atoms with Gasteiger partial charge in [-0.15, -0.1) is 10.2 Å². The molecule has 2 aliphatic rings. The topological polar surface area (TPSA) is 71.3 Å². The Hall–Kier alpha value is -2.70. The Morgan fingerprint density at radius 1 is 1.10 bits per heavy atom. The number of carbonyl (C=O) groups excluding carboxylic acids is 2. The molecular weight excluding hydrogens is 366 g/mol. The van der Waals surface area contributed by atoms with E-state index in [1.54, 1.807) is 19.6 Å². The lowest BCUT2D eigenvalue weighted by Crippen LogP contribution is -2.48. The summed E-state index contributed by atoms with van der Waals surface area (Å²) in [7, 11) is 0. The van der Waals surface area contributed by atoms with Crippen LogP contribution >= 0.6 is 0 Å². The van der Waals surface area contributed by atoms with Crippen molar-refractivity contribution >= 4 is 11.8 Å². The first kappa shape index (κ1) is 19.6. The quantitative estimate of drug-likeness (QED) is 0.798. The van der Waals surface area contributed by atoms with Crippen molar-refractivity contribution in [3.63, 3.8) is 0 Å². The van der Waals surface area contributed by atoms with Gasteiger partial charge in [-0.2, -0.15) is 0 Å². The van der Waals surface area contributed by atoms with Crippen LogP contribution in [0.2, 0.25) is 0 Å². The second-order valence-electron chi connectivity index (χ2n) is 8.28. The molecule has 2 amide bonds. The van der Waals surface area contributed by atoms with E-state index in [1.807, 2.05) is 40.7 Å². The van der Waals surface area contributed by atoms with Gasteiger partial charge in [0.1, 0.15) is 12.7 Å². The Bertz CT molecular complexity index is 856. The van der Waals surface area contributed by atoms with Crippen LogP contribution in [0.15, 0.2) is 36.9 Å². The van der Waals surface area contributed by atoms with Crippen molar-refractivity contribution in [2.75, 3.05) is 13.1 Å². The third-order valence-corrected chi connectivity index (χ3v) is 6.63. The van der Waals surface area contributed by atoms with E-state index in [9.17, 15) is 9.59 Å². The van der Waals surface area contributed by atoms with Crippen LogP contribution in [0.1, 0.15) is 62.7 Å². The van der Waals surface area contributed by atoms with E-state index < -0.39 is 0 Å². The van der Waals surface area contributed by atoms with Crippen molar-refractivity contribution in [1.29, 1.82) is 0 Å². The number of benzene rings is 1. The van der Waals surface area contributed by atoms with Crippen molar-refractivity contribution in [2.45, 2.75) is 64.0 Å². The van der Waals surface area contributed by atoms with E-state index >= 15 is 0 Å². The zero-order valence-corrected chi connectivity index (χ0v) is 17.3. The van der Waals surface area contributed by atoms with Gasteiger partial charge in [-0.3, -0.25) is 14.2 Å². The molecule has 1 atom stereocenters. The molecule has 4 rings (SSSR count). The molecule has 1 aromatic carbocycles. The fraction of sp³-hybridized carbons (Fsp3) is 0.545. The fourth-order valence-electron chi connectivity index (χ4n) is 5.21. The predicted octanol–water partition coefficient (Wildman–Crippen LogP) is 3.05. The summed E-state index contributed by atoms with van der Waals surface area (Å²) in [5.41, 5.74) is 1.50. The first-order valence-corrected chi connectivity index (χ1v) is 10.6. The molecule has 0 N–H and O–H groups in total. The molecule has 2 fully saturated rings. The van der Waals surface area contributed by atoms with E-state index in [4.69, 9.17) is 0 Å². The molecule has 1 aliphatic carbocycles. The highest BCUT2D eigenvalue weighted by molar-refractivity contribution is 5.95. The molecule has 154 valence electrons. The molecule has 0 radical (unpaired) electrons. The molecule has 1 spiro atoms. The maximum Gasteiger partial charge on any atom is 0.254 e. The summed E-state index contributed by atoms with van der Waals surface area (Å²) in [6.45, 7) is 4.96. The van der Waals surface area contributed by atoms with Crippen LogP contribution in [-0.2, 0) is 4.79 Å². The monoisotopic (exact) mass is 395 g/mol. The fourth-order valence-corrected chi connectivity index (χ4v) is 5.21. The van der Waals surface area contributed by atoms with Gasteiger partial charge in [0.2, 0.25) is 5.91 Å². The van der Waals surface area contributed by atoms with Gasteiger partial charge in [0.25, 0.3) is 5.91 Å². The Balaban J connectivity index is 1.60. The van der Waals surface area contributed by atoms with Gasteiger partial charge in [-0.05, 0) is 50.5 Å². The average molecular weight is 396 g/mol. The normalized spacial score (nSPS) is 20.8. The molecule has 0 bridgehead atoms. The van der Waals surface area contributed by atoms with Crippen LogP contribution in [0.3, 0.4) is 0 Å². The number of carbonyl (C=O) groups is 2. The first-order chi connectivity index (χ1) is 14.0. The summed E-state index contributed by atoms with van der Waals surface area (Å²) in [5.74, 6) is 0.167. The highest BCUT2D eigenvalue weighted by atomic mass is 16.2. The molecule has 2 heterocycles. The molecular formula is C22H29N5O2. The maximum atomic E-state index is 13.5. The second-order valence-corrected chi connectivity index (χ2v) is 8.28. The molecule has 2 aromatic rings. The Morgan fingerprint density at radius 2 is 1.76 bits per heavy atom. The Kier molecular flexibility index (Phi) is 5.39. The summed E-state index contributed by atoms with van der Waals surface area (Å²) in [6, 6.07) is 7.71. The summed E-state index contributed by atoms with van der Waals surface area (Å²) in [6.07, 6.45) is 9.76. The number of nitrogens with zero attached hydrogens (tertiary/aromatic N) is 5. The van der Waals surface area contributed by atoms with Gasteiger partial charge in [0.15, 0.2) is 0 Å². The van der Waals surface area contributed by atoms with E-state index in [-0.39, 0.29) is 23.4 Å². The lowest BCUT2D eigenvalue weighted by atomic mass is 9.79. The molecule has 1 saturated carbocycles. The maximum absolute atomic E-state index is 13.5. The zero-order chi connectivity index (χ0) is 20.4. The summed E-state index contributed by atoms with van der Waals surface area (Å²) < 4.78 is 1.81. The van der Waals surface area contributed by atoms with Gasteiger partial charge < -0.3 is 9.80 Å². The van der Waals surface area contributed by atoms with E-state index in [2.05, 4.69) is 15.1 Å². The molecule has 1 saturated heterocycles. The smallest absolute Gasteiger partial charge is 0.254 e. The number of amides is 2. The molecule has 1 aliphatic heterocycles. The van der Waals surface area contributed by atoms with Crippen LogP contribution in [0.4, 0.5) is 0 Å². The standard InChI is InChI=1S/C22H29N5O2/c1-3-26(17(2)28)20-13-22(11-5-4-6-12-22)27(14-20)21(29)18-7-9-19(10-8-18)25-15-23-24-16-25/h7-10,15-16,20H,3-6,11-14H2,1-2H3/t20-/m1/s1. The molecule has 29 heavy (non-hydrogen) atoms. The Labute approximate surface area is 171 Å². The second kappa shape index (κ2) is 7.97. The van der Waals surface area contributed by atoms with Crippen LogP contribution in [0, 0.1) is 0 Å². The van der Waals surface area contributed by atoms with Crippen molar-refractivity contribution in [3.05, 3.63) is 42.5 Å². The molecule has 7 heteroatoms. The van der Waals surface area contributed by atoms with Crippen LogP contribution < -0.4 is 0 Å². The average Bonchev–Trinajstić information content (AvgIpc) is 3.38. The third-order valence-electron chi connectivity index (χ3n) is 6.63. The highest BCUT2D eigenvalue weighted by Crippen LogP contribution is 2.43. The zero-order valence-electron chi connectivity index (χ0n) is 17.3. The van der Waals surface area contributed by atoms with Gasteiger partial charge in [0, 0.05) is 36.8 Å². The summed E-state index contributed by atoms with van der Waals surface area (Å²) in [5, 5.41) is 7.66. The van der Waals surface area contributed by atoms with Crippen molar-refractivity contribution in [2.24, 2.45) is 0 Å². The van der Waals surface area contributed by atoms with Gasteiger partial charge in [-0.25, -0.2) is 0 Å². The number of aromatic nitrogens is 3. The minimum atomic E-state index is -0.115. The molecule has 1 aromatic heterocycles. The summed E-state index contributed by atoms with van der Waals surface area (Å²) in [4.78, 5) is 29.7. The number of hydrogen-bond donors (Lipinski definition) is 0. The minimum Gasteiger partial charge on any atom is -0.338 e. The van der Waals surface area contributed by atoms with Crippen LogP contribution in [0.25, 0.3) is 5.69 Å². The number of likely N-dealkylation sites (tertiary alicyclic amines) is 1. The summed E-state index contributed by atoms with van der Waals surface area (Å²) >= 11 is 0. The van der Waals surface area contributed by atoms with Crippen molar-refractivity contribution in [3.8, 4) is 5.69 Å². The van der Waals surface area contributed by atoms with Gasteiger partial charge in [0.05, 0.1) is 6.04 Å². The van der Waals surface area contributed by atoms with Crippen LogP contribution in [0.5, 0.6) is 0 Å². The van der Waals surface area contributed by atoms with E-state index in [0.29, 0.717) is 18.7 Å². The van der Waals surface area contributed by atoms with E-state index in [1.165, 1.54) is 6.42 Å². The highest BCUT2D eigenvalue weighted by Gasteiger charge is 2.49. The van der Waals surface area contributed by atoms with Crippen molar-refractivity contribution in [1.82, 2.24) is 24.6 Å². The van der Waals surface area contributed by atoms with Crippen molar-refractivity contribution < 1.29 is 9.59 Å². The lowest BCUT2D eigenvalue weighted by molar-refractivity contribution is -0.130. The van der Waals surface area contributed by atoms with Crippen LogP contribution in [-0.4, -0.2) is 61.0 Å². The first-order valence-electron chi connectivity index (χ1n) is 10.6. The third kappa shape index (κ3) is 3.66. The van der Waals surface area contributed by atoms with Gasteiger partial charge in [-0.1, -0.05) is 19.3 Å². The number of likely N-dealkylation sites (N-methyl/N-ethyl adjacent to an activating group) is 1.